The Morgan fingerprint density at radius 2 is 1.39 bits per heavy atom. The zero-order valence-corrected chi connectivity index (χ0v) is 31.3. The van der Waals surface area contributed by atoms with E-state index in [0.29, 0.717) is 87.9 Å². The fourth-order valence-electron chi connectivity index (χ4n) is 8.33. The van der Waals surface area contributed by atoms with Gasteiger partial charge in [-0.25, -0.2) is 0 Å². The molecule has 0 bridgehead atoms. The molecule has 1 fully saturated rings. The molecule has 2 heterocycles. The summed E-state index contributed by atoms with van der Waals surface area (Å²) in [6.45, 7) is 2.06. The van der Waals surface area contributed by atoms with Crippen LogP contribution in [0.15, 0.2) is 91.0 Å². The molecule has 0 saturated carbocycles. The maximum Gasteiger partial charge on any atom is 0.455 e. The van der Waals surface area contributed by atoms with Crippen LogP contribution in [0.25, 0.3) is 28.0 Å². The molecule has 1 atom stereocenters. The van der Waals surface area contributed by atoms with Gasteiger partial charge in [0.25, 0.3) is 0 Å². The number of fused-ring (bicyclic) bond motifs is 8. The standard InChI is InChI=1S/C44H40F5NO6/c1-5-41(55-26-43(45,46)44(47,48)49)35-9-7-6-8-31(35)38-33-24-36(50-20-22-54-23-21-50)37(53-4)25-34(33)40-32(39(38)41)18-19-42(56-40,27-10-14-29(51-2)15-11-27)28-12-16-30(52-3)17-13-28/h6-19,24-25H,5,20-23,26H2,1-4H3. The topological polar surface area (TPSA) is 58.6 Å². The van der Waals surface area contributed by atoms with E-state index in [1.807, 2.05) is 84.9 Å². The van der Waals surface area contributed by atoms with Gasteiger partial charge < -0.3 is 33.3 Å². The minimum Gasteiger partial charge on any atom is -0.497 e. The van der Waals surface area contributed by atoms with Gasteiger partial charge >= 0.3 is 12.1 Å². The van der Waals surface area contributed by atoms with Gasteiger partial charge in [-0.15, -0.1) is 0 Å². The summed E-state index contributed by atoms with van der Waals surface area (Å²) in [4.78, 5) is 2.15. The number of hydrogen-bond donors (Lipinski definition) is 0. The highest BCUT2D eigenvalue weighted by Crippen LogP contribution is 2.61. The van der Waals surface area contributed by atoms with Crippen LogP contribution < -0.4 is 23.8 Å². The number of ether oxygens (including phenoxy) is 6. The second-order valence-corrected chi connectivity index (χ2v) is 14.0. The number of hydrogen-bond acceptors (Lipinski definition) is 7. The van der Waals surface area contributed by atoms with E-state index in [1.54, 1.807) is 40.4 Å². The van der Waals surface area contributed by atoms with E-state index >= 15 is 0 Å². The van der Waals surface area contributed by atoms with Crippen molar-refractivity contribution in [2.24, 2.45) is 0 Å². The lowest BCUT2D eigenvalue weighted by molar-refractivity contribution is -0.304. The first kappa shape index (κ1) is 37.6. The van der Waals surface area contributed by atoms with Crippen LogP contribution in [-0.4, -0.2) is 66.3 Å². The van der Waals surface area contributed by atoms with Crippen LogP contribution >= 0.6 is 0 Å². The van der Waals surface area contributed by atoms with Gasteiger partial charge in [0.05, 0.1) is 40.2 Å². The third-order valence-corrected chi connectivity index (χ3v) is 11.2. The lowest BCUT2D eigenvalue weighted by Gasteiger charge is -2.40. The SMILES string of the molecule is CCC1(OCC(F)(F)C(F)(F)F)c2ccccc2-c2c1c1c(c3cc(OC)c(N4CCOCC4)cc23)OC(c2ccc(OC)cc2)(c2ccc(OC)cc2)C=C1. The molecule has 0 radical (unpaired) electrons. The normalized spacial score (nSPS) is 18.6. The molecule has 0 aromatic heterocycles. The molecule has 0 spiro atoms. The lowest BCUT2D eigenvalue weighted by Crippen LogP contribution is -2.44. The Hall–Kier alpha value is -5.33. The highest BCUT2D eigenvalue weighted by molar-refractivity contribution is 6.10. The minimum absolute atomic E-state index is 0.0469. The van der Waals surface area contributed by atoms with Crippen LogP contribution in [0, 0.1) is 0 Å². The molecule has 5 aromatic carbocycles. The van der Waals surface area contributed by atoms with Gasteiger partial charge in [0.1, 0.15) is 35.2 Å². The Balaban J connectivity index is 1.45. The molecule has 1 unspecified atom stereocenters. The van der Waals surface area contributed by atoms with Crippen LogP contribution in [0.4, 0.5) is 27.6 Å². The molecule has 1 aliphatic carbocycles. The number of benzene rings is 5. The molecule has 8 rings (SSSR count). The van der Waals surface area contributed by atoms with Crippen LogP contribution in [0.5, 0.6) is 23.0 Å². The van der Waals surface area contributed by atoms with E-state index in [0.717, 1.165) is 16.8 Å². The third-order valence-electron chi connectivity index (χ3n) is 11.2. The Morgan fingerprint density at radius 3 is 1.96 bits per heavy atom. The molecule has 1 saturated heterocycles. The number of alkyl halides is 5. The average molecular weight is 774 g/mol. The molecule has 56 heavy (non-hydrogen) atoms. The first-order valence-corrected chi connectivity index (χ1v) is 18.3. The molecule has 3 aliphatic rings. The second kappa shape index (κ2) is 14.0. The van der Waals surface area contributed by atoms with Crippen molar-refractivity contribution in [3.05, 3.63) is 119 Å². The van der Waals surface area contributed by atoms with Crippen molar-refractivity contribution in [1.82, 2.24) is 0 Å². The summed E-state index contributed by atoms with van der Waals surface area (Å²) in [6, 6.07) is 26.0. The van der Waals surface area contributed by atoms with Crippen LogP contribution in [0.1, 0.15) is 41.2 Å². The summed E-state index contributed by atoms with van der Waals surface area (Å²) in [5.74, 6) is -2.86. The first-order chi connectivity index (χ1) is 26.9. The van der Waals surface area contributed by atoms with E-state index in [4.69, 9.17) is 28.4 Å². The Kier molecular flexibility index (Phi) is 9.40. The summed E-state index contributed by atoms with van der Waals surface area (Å²) >= 11 is 0. The Morgan fingerprint density at radius 1 is 0.768 bits per heavy atom. The average Bonchev–Trinajstić information content (AvgIpc) is 3.53. The lowest BCUT2D eigenvalue weighted by atomic mass is 9.79. The van der Waals surface area contributed by atoms with E-state index in [1.165, 1.54) is 0 Å². The molecular weight excluding hydrogens is 733 g/mol. The van der Waals surface area contributed by atoms with E-state index in [2.05, 4.69) is 4.90 Å². The molecule has 292 valence electrons. The number of morpholine rings is 1. The van der Waals surface area contributed by atoms with Crippen molar-refractivity contribution >= 4 is 22.5 Å². The summed E-state index contributed by atoms with van der Waals surface area (Å²) in [5, 5.41) is 1.36. The highest BCUT2D eigenvalue weighted by atomic mass is 19.4. The fraction of sp³-hybridized carbons (Fsp3) is 0.318. The van der Waals surface area contributed by atoms with Gasteiger partial charge in [-0.1, -0.05) is 61.5 Å². The molecular formula is C44H40F5NO6. The first-order valence-electron chi connectivity index (χ1n) is 18.3. The zero-order chi connectivity index (χ0) is 39.5. The fourth-order valence-corrected chi connectivity index (χ4v) is 8.33. The summed E-state index contributed by atoms with van der Waals surface area (Å²) in [5.41, 5.74) is 2.12. The number of methoxy groups -OCH3 is 3. The Bertz CT molecular complexity index is 2250. The number of nitrogens with zero attached hydrogens (tertiary/aromatic N) is 1. The van der Waals surface area contributed by atoms with Crippen LogP contribution in [0.3, 0.4) is 0 Å². The summed E-state index contributed by atoms with van der Waals surface area (Å²) < 4.78 is 107. The predicted molar refractivity (Wildman–Crippen MR) is 203 cm³/mol. The molecule has 5 aromatic rings. The number of rotatable bonds is 10. The minimum atomic E-state index is -5.81. The number of anilines is 1. The van der Waals surface area contributed by atoms with Gasteiger partial charge in [0.2, 0.25) is 0 Å². The van der Waals surface area contributed by atoms with E-state index < -0.39 is 29.9 Å². The monoisotopic (exact) mass is 773 g/mol. The maximum absolute atomic E-state index is 14.8. The third kappa shape index (κ3) is 5.84. The molecule has 12 heteroatoms. The van der Waals surface area contributed by atoms with Crippen molar-refractivity contribution in [2.45, 2.75) is 36.6 Å². The molecule has 7 nitrogen and oxygen atoms in total. The van der Waals surface area contributed by atoms with Gasteiger partial charge in [-0.3, -0.25) is 0 Å². The van der Waals surface area contributed by atoms with Crippen molar-refractivity contribution < 1.29 is 50.4 Å². The summed E-state index contributed by atoms with van der Waals surface area (Å²) in [6.07, 6.45) is -2.01. The quantitative estimate of drug-likeness (QED) is 0.131. The predicted octanol–water partition coefficient (Wildman–Crippen LogP) is 9.90. The molecule has 0 amide bonds. The second-order valence-electron chi connectivity index (χ2n) is 14.0. The summed E-state index contributed by atoms with van der Waals surface area (Å²) in [7, 11) is 4.76. The number of halogens is 5. The zero-order valence-electron chi connectivity index (χ0n) is 31.3. The maximum atomic E-state index is 14.8. The molecule has 2 aliphatic heterocycles. The highest BCUT2D eigenvalue weighted by Gasteiger charge is 2.60. The van der Waals surface area contributed by atoms with Gasteiger partial charge in [0, 0.05) is 40.7 Å². The van der Waals surface area contributed by atoms with Crippen molar-refractivity contribution in [3.8, 4) is 34.1 Å². The van der Waals surface area contributed by atoms with E-state index in [9.17, 15) is 22.0 Å². The Labute approximate surface area is 321 Å². The van der Waals surface area contributed by atoms with Crippen molar-refractivity contribution in [1.29, 1.82) is 0 Å². The molecule has 0 N–H and O–H groups in total. The van der Waals surface area contributed by atoms with Crippen LogP contribution in [0.2, 0.25) is 0 Å². The van der Waals surface area contributed by atoms with Crippen LogP contribution in [-0.2, 0) is 20.7 Å². The van der Waals surface area contributed by atoms with Gasteiger partial charge in [-0.2, -0.15) is 22.0 Å². The van der Waals surface area contributed by atoms with E-state index in [-0.39, 0.29) is 6.42 Å². The van der Waals surface area contributed by atoms with Crippen molar-refractivity contribution in [2.75, 3.05) is 59.1 Å². The van der Waals surface area contributed by atoms with Crippen molar-refractivity contribution in [3.63, 3.8) is 0 Å². The van der Waals surface area contributed by atoms with Gasteiger partial charge in [-0.05, 0) is 71.0 Å². The largest absolute Gasteiger partial charge is 0.497 e. The van der Waals surface area contributed by atoms with Gasteiger partial charge in [0.15, 0.2) is 5.60 Å². The smallest absolute Gasteiger partial charge is 0.455 e.